The topological polar surface area (TPSA) is 57.6 Å². The molecule has 1 aromatic rings. The van der Waals surface area contributed by atoms with Crippen molar-refractivity contribution in [3.05, 3.63) is 34.9 Å². The van der Waals surface area contributed by atoms with Gasteiger partial charge in [-0.15, -0.1) is 0 Å². The van der Waals surface area contributed by atoms with Gasteiger partial charge in [-0.1, -0.05) is 17.7 Å². The summed E-state index contributed by atoms with van der Waals surface area (Å²) in [4.78, 5) is 24.1. The minimum Gasteiger partial charge on any atom is -0.480 e. The van der Waals surface area contributed by atoms with Crippen LogP contribution in [0.25, 0.3) is 0 Å². The molecule has 4 nitrogen and oxygen atoms in total. The van der Waals surface area contributed by atoms with E-state index in [1.807, 2.05) is 26.0 Å². The van der Waals surface area contributed by atoms with Gasteiger partial charge in [0.25, 0.3) is 5.91 Å². The number of amides is 1. The molecule has 0 heterocycles. The molecule has 0 atom stereocenters. The van der Waals surface area contributed by atoms with Crippen molar-refractivity contribution in [3.63, 3.8) is 0 Å². The van der Waals surface area contributed by atoms with Gasteiger partial charge in [-0.25, -0.2) is 0 Å². The first kappa shape index (κ1) is 13.2. The molecule has 0 aliphatic heterocycles. The highest BCUT2D eigenvalue weighted by atomic mass is 16.4. The van der Waals surface area contributed by atoms with Crippen LogP contribution in [0, 0.1) is 13.8 Å². The molecular formula is C13H17NO3. The van der Waals surface area contributed by atoms with E-state index in [1.165, 1.54) is 4.90 Å². The first-order chi connectivity index (χ1) is 7.95. The van der Waals surface area contributed by atoms with E-state index in [9.17, 15) is 9.59 Å². The molecule has 1 aromatic carbocycles. The Bertz CT molecular complexity index is 440. The van der Waals surface area contributed by atoms with Gasteiger partial charge in [0.05, 0.1) is 0 Å². The van der Waals surface area contributed by atoms with Gasteiger partial charge in [-0.05, 0) is 32.4 Å². The Hall–Kier alpha value is -1.84. The number of carboxylic acid groups (broad SMARTS) is 1. The minimum atomic E-state index is -0.995. The Kier molecular flexibility index (Phi) is 4.26. The molecule has 0 aliphatic rings. The predicted octanol–water partition coefficient (Wildman–Crippen LogP) is 1.85. The van der Waals surface area contributed by atoms with Crippen molar-refractivity contribution in [3.8, 4) is 0 Å². The number of aliphatic carboxylic acids is 1. The molecule has 0 saturated heterocycles. The minimum absolute atomic E-state index is 0.226. The van der Waals surface area contributed by atoms with Crippen molar-refractivity contribution in [2.24, 2.45) is 0 Å². The van der Waals surface area contributed by atoms with Gasteiger partial charge in [0.1, 0.15) is 6.54 Å². The van der Waals surface area contributed by atoms with E-state index in [0.717, 1.165) is 11.1 Å². The van der Waals surface area contributed by atoms with Crippen molar-refractivity contribution in [1.82, 2.24) is 4.90 Å². The second-order valence-electron chi connectivity index (χ2n) is 4.03. The average Bonchev–Trinajstić information content (AvgIpc) is 2.28. The average molecular weight is 235 g/mol. The largest absolute Gasteiger partial charge is 0.480 e. The van der Waals surface area contributed by atoms with Crippen LogP contribution in [0.2, 0.25) is 0 Å². The van der Waals surface area contributed by atoms with Gasteiger partial charge in [0.15, 0.2) is 0 Å². The maximum Gasteiger partial charge on any atom is 0.323 e. The van der Waals surface area contributed by atoms with Gasteiger partial charge >= 0.3 is 5.97 Å². The number of rotatable bonds is 4. The van der Waals surface area contributed by atoms with Crippen LogP contribution in [0.3, 0.4) is 0 Å². The highest BCUT2D eigenvalue weighted by Gasteiger charge is 2.18. The fourth-order valence-corrected chi connectivity index (χ4v) is 1.63. The number of carbonyl (C=O) groups is 2. The fourth-order valence-electron chi connectivity index (χ4n) is 1.63. The van der Waals surface area contributed by atoms with Crippen molar-refractivity contribution >= 4 is 11.9 Å². The third-order valence-electron chi connectivity index (χ3n) is 2.62. The van der Waals surface area contributed by atoms with Crippen LogP contribution < -0.4 is 0 Å². The van der Waals surface area contributed by atoms with Crippen LogP contribution in [-0.2, 0) is 4.79 Å². The zero-order valence-electron chi connectivity index (χ0n) is 10.4. The van der Waals surface area contributed by atoms with Gasteiger partial charge in [-0.2, -0.15) is 0 Å². The molecule has 17 heavy (non-hydrogen) atoms. The number of aryl methyl sites for hydroxylation is 2. The Morgan fingerprint density at radius 2 is 1.94 bits per heavy atom. The van der Waals surface area contributed by atoms with Crippen LogP contribution in [0.15, 0.2) is 18.2 Å². The lowest BCUT2D eigenvalue weighted by atomic mass is 10.0. The molecular weight excluding hydrogens is 218 g/mol. The highest BCUT2D eigenvalue weighted by molar-refractivity contribution is 5.97. The summed E-state index contributed by atoms with van der Waals surface area (Å²) in [6.45, 7) is 5.65. The molecule has 92 valence electrons. The summed E-state index contributed by atoms with van der Waals surface area (Å²) in [5, 5.41) is 8.74. The molecule has 0 aliphatic carbocycles. The maximum atomic E-state index is 12.1. The predicted molar refractivity (Wildman–Crippen MR) is 65.1 cm³/mol. The Morgan fingerprint density at radius 1 is 1.29 bits per heavy atom. The lowest BCUT2D eigenvalue weighted by Gasteiger charge is -2.19. The molecule has 0 radical (unpaired) electrons. The van der Waals surface area contributed by atoms with Gasteiger partial charge in [0, 0.05) is 12.1 Å². The van der Waals surface area contributed by atoms with E-state index in [4.69, 9.17) is 5.11 Å². The quantitative estimate of drug-likeness (QED) is 0.866. The number of hydrogen-bond acceptors (Lipinski definition) is 2. The maximum absolute atomic E-state index is 12.1. The second-order valence-corrected chi connectivity index (χ2v) is 4.03. The molecule has 0 saturated carbocycles. The number of carboxylic acids is 1. The fraction of sp³-hybridized carbons (Fsp3) is 0.385. The third kappa shape index (κ3) is 3.31. The Morgan fingerprint density at radius 3 is 2.47 bits per heavy atom. The molecule has 0 fully saturated rings. The summed E-state index contributed by atoms with van der Waals surface area (Å²) in [6.07, 6.45) is 0. The van der Waals surface area contributed by atoms with Crippen LogP contribution in [0.1, 0.15) is 28.4 Å². The lowest BCUT2D eigenvalue weighted by Crippen LogP contribution is -2.35. The molecule has 1 amide bonds. The van der Waals surface area contributed by atoms with Crippen molar-refractivity contribution < 1.29 is 14.7 Å². The first-order valence-electron chi connectivity index (χ1n) is 5.54. The van der Waals surface area contributed by atoms with E-state index >= 15 is 0 Å². The van der Waals surface area contributed by atoms with E-state index < -0.39 is 5.97 Å². The molecule has 0 spiro atoms. The smallest absolute Gasteiger partial charge is 0.323 e. The zero-order valence-corrected chi connectivity index (χ0v) is 10.4. The van der Waals surface area contributed by atoms with Gasteiger partial charge in [0.2, 0.25) is 0 Å². The van der Waals surface area contributed by atoms with Crippen molar-refractivity contribution in [2.45, 2.75) is 20.8 Å². The summed E-state index contributed by atoms with van der Waals surface area (Å²) in [5.41, 5.74) is 2.43. The van der Waals surface area contributed by atoms with E-state index in [0.29, 0.717) is 12.1 Å². The zero-order chi connectivity index (χ0) is 13.0. The normalized spacial score (nSPS) is 10.1. The summed E-state index contributed by atoms with van der Waals surface area (Å²) < 4.78 is 0. The summed E-state index contributed by atoms with van der Waals surface area (Å²) >= 11 is 0. The molecule has 1 rings (SSSR count). The van der Waals surface area contributed by atoms with E-state index in [2.05, 4.69) is 0 Å². The van der Waals surface area contributed by atoms with Gasteiger partial charge in [-0.3, -0.25) is 9.59 Å². The molecule has 0 unspecified atom stereocenters. The number of likely N-dealkylation sites (N-methyl/N-ethyl adjacent to an activating group) is 1. The van der Waals surface area contributed by atoms with Gasteiger partial charge < -0.3 is 10.0 Å². The second kappa shape index (κ2) is 5.48. The summed E-state index contributed by atoms with van der Waals surface area (Å²) in [7, 11) is 0. The van der Waals surface area contributed by atoms with Crippen LogP contribution in [0.5, 0.6) is 0 Å². The summed E-state index contributed by atoms with van der Waals surface area (Å²) in [5.74, 6) is -1.22. The monoisotopic (exact) mass is 235 g/mol. The first-order valence-corrected chi connectivity index (χ1v) is 5.54. The van der Waals surface area contributed by atoms with Crippen LogP contribution in [0.4, 0.5) is 0 Å². The van der Waals surface area contributed by atoms with Crippen LogP contribution >= 0.6 is 0 Å². The number of hydrogen-bond donors (Lipinski definition) is 1. The Balaban J connectivity index is 3.01. The number of nitrogens with zero attached hydrogens (tertiary/aromatic N) is 1. The summed E-state index contributed by atoms with van der Waals surface area (Å²) in [6, 6.07) is 5.60. The standard InChI is InChI=1S/C13H17NO3/c1-4-14(8-12(15)16)13(17)11-7-9(2)5-6-10(11)3/h5-7H,4,8H2,1-3H3,(H,15,16). The molecule has 1 N–H and O–H groups in total. The van der Waals surface area contributed by atoms with Crippen molar-refractivity contribution in [2.75, 3.05) is 13.1 Å². The Labute approximate surface area is 101 Å². The molecule has 4 heteroatoms. The highest BCUT2D eigenvalue weighted by Crippen LogP contribution is 2.13. The number of carbonyl (C=O) groups excluding carboxylic acids is 1. The third-order valence-corrected chi connectivity index (χ3v) is 2.62. The van der Waals surface area contributed by atoms with Crippen LogP contribution in [-0.4, -0.2) is 35.0 Å². The van der Waals surface area contributed by atoms with Crippen molar-refractivity contribution in [1.29, 1.82) is 0 Å². The SMILES string of the molecule is CCN(CC(=O)O)C(=O)c1cc(C)ccc1C. The van der Waals surface area contributed by atoms with E-state index in [1.54, 1.807) is 13.0 Å². The molecule has 0 bridgehead atoms. The number of benzene rings is 1. The molecule has 0 aromatic heterocycles. The van der Waals surface area contributed by atoms with E-state index in [-0.39, 0.29) is 12.5 Å². The lowest BCUT2D eigenvalue weighted by molar-refractivity contribution is -0.137.